The highest BCUT2D eigenvalue weighted by Crippen LogP contribution is 2.15. The first-order valence-electron chi connectivity index (χ1n) is 7.51. The van der Waals surface area contributed by atoms with Gasteiger partial charge in [0.15, 0.2) is 0 Å². The van der Waals surface area contributed by atoms with Gasteiger partial charge in [0.05, 0.1) is 0 Å². The standard InChI is InChI=1S/C17H21N3/c1-3-7-15(8-4-1)9-10-16-13-18-17(19-14-16)20-11-5-2-6-12-20/h1,3-4,7-8,13-14H,2,5-6,9-12H2. The van der Waals surface area contributed by atoms with Gasteiger partial charge in [-0.05, 0) is 43.2 Å². The molecule has 3 rings (SSSR count). The van der Waals surface area contributed by atoms with Gasteiger partial charge in [0.2, 0.25) is 5.95 Å². The van der Waals surface area contributed by atoms with Crippen molar-refractivity contribution in [1.82, 2.24) is 9.97 Å². The van der Waals surface area contributed by atoms with Crippen LogP contribution in [0.15, 0.2) is 42.7 Å². The minimum Gasteiger partial charge on any atom is -0.341 e. The summed E-state index contributed by atoms with van der Waals surface area (Å²) in [6.07, 6.45) is 9.89. The van der Waals surface area contributed by atoms with Crippen molar-refractivity contribution in [2.75, 3.05) is 18.0 Å². The maximum Gasteiger partial charge on any atom is 0.225 e. The van der Waals surface area contributed by atoms with E-state index in [0.29, 0.717) is 0 Å². The predicted molar refractivity (Wildman–Crippen MR) is 81.9 cm³/mol. The molecule has 1 aromatic carbocycles. The van der Waals surface area contributed by atoms with Gasteiger partial charge in [-0.15, -0.1) is 0 Å². The number of benzene rings is 1. The summed E-state index contributed by atoms with van der Waals surface area (Å²) in [6, 6.07) is 10.6. The second kappa shape index (κ2) is 6.51. The first-order valence-corrected chi connectivity index (χ1v) is 7.51. The molecule has 1 aromatic heterocycles. The molecule has 1 aliphatic heterocycles. The van der Waals surface area contributed by atoms with Crippen molar-refractivity contribution in [3.8, 4) is 0 Å². The average Bonchev–Trinajstić information content (AvgIpc) is 2.55. The zero-order valence-corrected chi connectivity index (χ0v) is 11.8. The van der Waals surface area contributed by atoms with Gasteiger partial charge < -0.3 is 4.90 Å². The molecule has 0 unspecified atom stereocenters. The lowest BCUT2D eigenvalue weighted by Gasteiger charge is -2.26. The number of nitrogens with zero attached hydrogens (tertiary/aromatic N) is 3. The van der Waals surface area contributed by atoms with Crippen LogP contribution in [0, 0.1) is 0 Å². The molecule has 3 nitrogen and oxygen atoms in total. The SMILES string of the molecule is c1ccc(CCc2cnc(N3CCCCC3)nc2)cc1. The molecule has 104 valence electrons. The van der Waals surface area contributed by atoms with Gasteiger partial charge in [-0.1, -0.05) is 30.3 Å². The van der Waals surface area contributed by atoms with Crippen LogP contribution in [-0.4, -0.2) is 23.1 Å². The number of hydrogen-bond acceptors (Lipinski definition) is 3. The van der Waals surface area contributed by atoms with E-state index >= 15 is 0 Å². The van der Waals surface area contributed by atoms with Crippen LogP contribution < -0.4 is 4.90 Å². The molecule has 0 amide bonds. The van der Waals surface area contributed by atoms with Crippen molar-refractivity contribution >= 4 is 5.95 Å². The average molecular weight is 267 g/mol. The number of rotatable bonds is 4. The summed E-state index contributed by atoms with van der Waals surface area (Å²) in [5.41, 5.74) is 2.59. The summed E-state index contributed by atoms with van der Waals surface area (Å²) in [6.45, 7) is 2.20. The molecule has 1 aliphatic rings. The number of aromatic nitrogens is 2. The van der Waals surface area contributed by atoms with E-state index in [9.17, 15) is 0 Å². The Balaban J connectivity index is 1.58. The third kappa shape index (κ3) is 3.35. The number of piperidine rings is 1. The number of hydrogen-bond donors (Lipinski definition) is 0. The van der Waals surface area contributed by atoms with Crippen molar-refractivity contribution < 1.29 is 0 Å². The van der Waals surface area contributed by atoms with E-state index in [2.05, 4.69) is 45.2 Å². The summed E-state index contributed by atoms with van der Waals surface area (Å²) < 4.78 is 0. The Morgan fingerprint density at radius 1 is 0.800 bits per heavy atom. The highest BCUT2D eigenvalue weighted by Gasteiger charge is 2.12. The van der Waals surface area contributed by atoms with Crippen LogP contribution in [0.5, 0.6) is 0 Å². The third-order valence-corrected chi connectivity index (χ3v) is 3.88. The Hall–Kier alpha value is -1.90. The summed E-state index contributed by atoms with van der Waals surface area (Å²) in [7, 11) is 0. The first kappa shape index (κ1) is 13.1. The zero-order chi connectivity index (χ0) is 13.6. The van der Waals surface area contributed by atoms with Gasteiger partial charge >= 0.3 is 0 Å². The Kier molecular flexibility index (Phi) is 4.26. The van der Waals surface area contributed by atoms with Crippen molar-refractivity contribution in [2.24, 2.45) is 0 Å². The molecule has 2 heterocycles. The second-order valence-corrected chi connectivity index (χ2v) is 5.42. The summed E-state index contributed by atoms with van der Waals surface area (Å²) in [5, 5.41) is 0. The van der Waals surface area contributed by atoms with E-state index < -0.39 is 0 Å². The van der Waals surface area contributed by atoms with E-state index in [1.807, 2.05) is 12.4 Å². The quantitative estimate of drug-likeness (QED) is 0.851. The van der Waals surface area contributed by atoms with E-state index in [1.165, 1.54) is 30.4 Å². The minimum absolute atomic E-state index is 0.896. The lowest BCUT2D eigenvalue weighted by molar-refractivity contribution is 0.568. The van der Waals surface area contributed by atoms with Gasteiger partial charge in [0.1, 0.15) is 0 Å². The molecular weight excluding hydrogens is 246 g/mol. The fourth-order valence-corrected chi connectivity index (χ4v) is 2.67. The highest BCUT2D eigenvalue weighted by atomic mass is 15.2. The molecule has 20 heavy (non-hydrogen) atoms. The Bertz CT molecular complexity index is 516. The first-order chi connectivity index (χ1) is 9.92. The number of anilines is 1. The Morgan fingerprint density at radius 2 is 1.45 bits per heavy atom. The maximum atomic E-state index is 4.53. The second-order valence-electron chi connectivity index (χ2n) is 5.42. The van der Waals surface area contributed by atoms with Gasteiger partial charge in [0, 0.05) is 25.5 Å². The Morgan fingerprint density at radius 3 is 2.15 bits per heavy atom. The fourth-order valence-electron chi connectivity index (χ4n) is 2.67. The molecule has 0 N–H and O–H groups in total. The predicted octanol–water partition coefficient (Wildman–Crippen LogP) is 3.25. The molecule has 0 bridgehead atoms. The van der Waals surface area contributed by atoms with Crippen molar-refractivity contribution in [2.45, 2.75) is 32.1 Å². The van der Waals surface area contributed by atoms with Crippen LogP contribution in [0.25, 0.3) is 0 Å². The summed E-state index contributed by atoms with van der Waals surface area (Å²) >= 11 is 0. The van der Waals surface area contributed by atoms with Crippen molar-refractivity contribution in [3.63, 3.8) is 0 Å². The molecule has 0 aliphatic carbocycles. The normalized spacial score (nSPS) is 15.3. The lowest BCUT2D eigenvalue weighted by Crippen LogP contribution is -2.30. The van der Waals surface area contributed by atoms with E-state index in [-0.39, 0.29) is 0 Å². The van der Waals surface area contributed by atoms with Crippen LogP contribution in [0.4, 0.5) is 5.95 Å². The summed E-state index contributed by atoms with van der Waals surface area (Å²) in [5.74, 6) is 0.896. The molecule has 3 heteroatoms. The van der Waals surface area contributed by atoms with E-state index in [0.717, 1.165) is 31.9 Å². The molecule has 2 aromatic rings. The van der Waals surface area contributed by atoms with E-state index in [4.69, 9.17) is 0 Å². The number of aryl methyl sites for hydroxylation is 2. The molecule has 1 fully saturated rings. The Labute approximate surface area is 120 Å². The largest absolute Gasteiger partial charge is 0.341 e. The molecular formula is C17H21N3. The van der Waals surface area contributed by atoms with Crippen LogP contribution in [0.3, 0.4) is 0 Å². The molecule has 0 spiro atoms. The summed E-state index contributed by atoms with van der Waals surface area (Å²) in [4.78, 5) is 11.4. The van der Waals surface area contributed by atoms with E-state index in [1.54, 1.807) is 0 Å². The van der Waals surface area contributed by atoms with Gasteiger partial charge in [-0.25, -0.2) is 9.97 Å². The zero-order valence-electron chi connectivity index (χ0n) is 11.8. The molecule has 0 radical (unpaired) electrons. The van der Waals surface area contributed by atoms with Crippen LogP contribution >= 0.6 is 0 Å². The van der Waals surface area contributed by atoms with Crippen LogP contribution in [-0.2, 0) is 12.8 Å². The van der Waals surface area contributed by atoms with Crippen molar-refractivity contribution in [3.05, 3.63) is 53.9 Å². The monoisotopic (exact) mass is 267 g/mol. The minimum atomic E-state index is 0.896. The maximum absolute atomic E-state index is 4.53. The molecule has 0 saturated carbocycles. The fraction of sp³-hybridized carbons (Fsp3) is 0.412. The van der Waals surface area contributed by atoms with Gasteiger partial charge in [-0.2, -0.15) is 0 Å². The topological polar surface area (TPSA) is 29.0 Å². The van der Waals surface area contributed by atoms with Gasteiger partial charge in [-0.3, -0.25) is 0 Å². The molecule has 1 saturated heterocycles. The lowest BCUT2D eigenvalue weighted by atomic mass is 10.1. The smallest absolute Gasteiger partial charge is 0.225 e. The highest BCUT2D eigenvalue weighted by molar-refractivity contribution is 5.30. The van der Waals surface area contributed by atoms with Crippen LogP contribution in [0.1, 0.15) is 30.4 Å². The van der Waals surface area contributed by atoms with Crippen LogP contribution in [0.2, 0.25) is 0 Å². The molecule has 0 atom stereocenters. The van der Waals surface area contributed by atoms with Crippen molar-refractivity contribution in [1.29, 1.82) is 0 Å². The van der Waals surface area contributed by atoms with Gasteiger partial charge in [0.25, 0.3) is 0 Å². The third-order valence-electron chi connectivity index (χ3n) is 3.88.